The summed E-state index contributed by atoms with van der Waals surface area (Å²) < 4.78 is 1.47. The summed E-state index contributed by atoms with van der Waals surface area (Å²) in [4.78, 5) is 44.4. The van der Waals surface area contributed by atoms with E-state index >= 15 is 0 Å². The first kappa shape index (κ1) is 18.9. The van der Waals surface area contributed by atoms with Crippen LogP contribution >= 0.6 is 0 Å². The average molecular weight is 378 g/mol. The van der Waals surface area contributed by atoms with Gasteiger partial charge >= 0.3 is 0 Å². The number of ketones is 1. The van der Waals surface area contributed by atoms with E-state index < -0.39 is 23.6 Å². The van der Waals surface area contributed by atoms with Crippen molar-refractivity contribution in [1.29, 1.82) is 0 Å². The number of primary amides is 1. The number of nitrogens with zero attached hydrogens (tertiary/aromatic N) is 4. The van der Waals surface area contributed by atoms with Gasteiger partial charge in [-0.05, 0) is 5.56 Å². The molecule has 0 spiro atoms. The molecule has 3 rings (SSSR count). The van der Waals surface area contributed by atoms with Crippen LogP contribution in [0.3, 0.4) is 0 Å². The van der Waals surface area contributed by atoms with Crippen LogP contribution in [-0.4, -0.2) is 43.4 Å². The second-order valence-electron chi connectivity index (χ2n) is 6.14. The van der Waals surface area contributed by atoms with Crippen molar-refractivity contribution in [3.8, 4) is 11.3 Å². The van der Waals surface area contributed by atoms with Crippen molar-refractivity contribution in [2.45, 2.75) is 12.5 Å². The van der Waals surface area contributed by atoms with Gasteiger partial charge < -0.3 is 11.1 Å². The first-order chi connectivity index (χ1) is 13.5. The van der Waals surface area contributed by atoms with Crippen LogP contribution in [0.1, 0.15) is 15.9 Å². The molecule has 3 aromatic rings. The number of Topliss-reactive ketones (excluding diaryl/α,β-unsaturated/α-hetero) is 1. The van der Waals surface area contributed by atoms with Crippen molar-refractivity contribution in [3.63, 3.8) is 0 Å². The Balaban J connectivity index is 1.88. The lowest BCUT2D eigenvalue weighted by Crippen LogP contribution is -2.47. The first-order valence-electron chi connectivity index (χ1n) is 8.43. The quantitative estimate of drug-likeness (QED) is 0.567. The summed E-state index contributed by atoms with van der Waals surface area (Å²) in [6.07, 6.45) is 6.09. The van der Waals surface area contributed by atoms with Crippen molar-refractivity contribution in [2.24, 2.45) is 12.8 Å². The van der Waals surface area contributed by atoms with Crippen LogP contribution in [0.25, 0.3) is 11.3 Å². The third-order valence-electron chi connectivity index (χ3n) is 4.05. The van der Waals surface area contributed by atoms with E-state index in [0.29, 0.717) is 11.3 Å². The van der Waals surface area contributed by atoms with Gasteiger partial charge in [0, 0.05) is 37.6 Å². The number of nitrogens with one attached hydrogen (secondary N) is 1. The van der Waals surface area contributed by atoms with Crippen molar-refractivity contribution >= 4 is 17.6 Å². The lowest BCUT2D eigenvalue weighted by molar-refractivity contribution is -0.137. The molecule has 1 aromatic carbocycles. The van der Waals surface area contributed by atoms with E-state index in [-0.39, 0.29) is 12.0 Å². The maximum atomic E-state index is 12.9. The molecule has 9 nitrogen and oxygen atoms in total. The molecule has 142 valence electrons. The molecule has 0 unspecified atom stereocenters. The number of aromatic nitrogens is 4. The van der Waals surface area contributed by atoms with Crippen molar-refractivity contribution in [2.75, 3.05) is 0 Å². The van der Waals surface area contributed by atoms with Crippen LogP contribution < -0.4 is 11.1 Å². The minimum absolute atomic E-state index is 0.137. The second kappa shape index (κ2) is 8.21. The van der Waals surface area contributed by atoms with Gasteiger partial charge in [-0.1, -0.05) is 30.3 Å². The van der Waals surface area contributed by atoms with Gasteiger partial charge in [0.15, 0.2) is 0 Å². The van der Waals surface area contributed by atoms with Gasteiger partial charge in [-0.2, -0.15) is 5.10 Å². The van der Waals surface area contributed by atoms with Crippen LogP contribution in [0.2, 0.25) is 0 Å². The van der Waals surface area contributed by atoms with Gasteiger partial charge in [0.25, 0.3) is 11.8 Å². The fourth-order valence-electron chi connectivity index (χ4n) is 2.76. The number of rotatable bonds is 7. The van der Waals surface area contributed by atoms with Gasteiger partial charge in [0.1, 0.15) is 18.1 Å². The maximum absolute atomic E-state index is 12.9. The molecule has 0 saturated heterocycles. The largest absolute Gasteiger partial charge is 0.363 e. The van der Waals surface area contributed by atoms with Crippen LogP contribution in [0.5, 0.6) is 0 Å². The molecule has 0 aliphatic heterocycles. The van der Waals surface area contributed by atoms with Crippen LogP contribution in [0, 0.1) is 0 Å². The molecule has 0 bridgehead atoms. The highest BCUT2D eigenvalue weighted by Gasteiger charge is 2.27. The number of hydrogen-bond donors (Lipinski definition) is 2. The van der Waals surface area contributed by atoms with E-state index in [4.69, 9.17) is 5.73 Å². The molecule has 0 radical (unpaired) electrons. The smallest absolute Gasteiger partial charge is 0.287 e. The summed E-state index contributed by atoms with van der Waals surface area (Å²) in [6.45, 7) is 0. The molecule has 1 atom stereocenters. The standard InChI is InChI=1S/C19H18N6O3/c1-25-10-14(16(24-25)13-8-21-11-22-9-13)19(28)23-15(17(26)18(20)27)7-12-5-3-2-4-6-12/h2-6,8-11,15H,7H2,1H3,(H2,20,27)(H,23,28)/t15-/m0/s1. The van der Waals surface area contributed by atoms with Crippen molar-refractivity contribution in [3.05, 3.63) is 66.4 Å². The predicted octanol–water partition coefficient (Wildman–Crippen LogP) is 0.273. The van der Waals surface area contributed by atoms with Gasteiger partial charge in [-0.25, -0.2) is 9.97 Å². The number of hydrogen-bond acceptors (Lipinski definition) is 6. The van der Waals surface area contributed by atoms with Crippen LogP contribution in [0.4, 0.5) is 0 Å². The van der Waals surface area contributed by atoms with E-state index in [1.54, 1.807) is 31.3 Å². The summed E-state index contributed by atoms with van der Waals surface area (Å²) >= 11 is 0. The van der Waals surface area contributed by atoms with Gasteiger partial charge in [-0.3, -0.25) is 19.1 Å². The Morgan fingerprint density at radius 3 is 2.46 bits per heavy atom. The highest BCUT2D eigenvalue weighted by molar-refractivity contribution is 6.38. The summed E-state index contributed by atoms with van der Waals surface area (Å²) in [5, 5.41) is 6.88. The summed E-state index contributed by atoms with van der Waals surface area (Å²) in [5.74, 6) is -2.53. The Morgan fingerprint density at radius 1 is 1.14 bits per heavy atom. The molecule has 2 heterocycles. The van der Waals surface area contributed by atoms with Gasteiger partial charge in [0.05, 0.1) is 5.56 Å². The van der Waals surface area contributed by atoms with E-state index in [1.807, 2.05) is 6.07 Å². The molecule has 9 heteroatoms. The zero-order chi connectivity index (χ0) is 20.1. The fraction of sp³-hybridized carbons (Fsp3) is 0.158. The monoisotopic (exact) mass is 378 g/mol. The first-order valence-corrected chi connectivity index (χ1v) is 8.43. The highest BCUT2D eigenvalue weighted by Crippen LogP contribution is 2.20. The van der Waals surface area contributed by atoms with E-state index in [2.05, 4.69) is 20.4 Å². The summed E-state index contributed by atoms with van der Waals surface area (Å²) in [6, 6.07) is 7.94. The normalized spacial score (nSPS) is 11.6. The molecule has 2 amide bonds. The number of carbonyl (C=O) groups excluding carboxylic acids is 3. The third kappa shape index (κ3) is 4.26. The number of benzene rings is 1. The Morgan fingerprint density at radius 2 is 1.82 bits per heavy atom. The minimum Gasteiger partial charge on any atom is -0.363 e. The molecule has 0 aliphatic rings. The van der Waals surface area contributed by atoms with Crippen molar-refractivity contribution < 1.29 is 14.4 Å². The third-order valence-corrected chi connectivity index (χ3v) is 4.05. The highest BCUT2D eigenvalue weighted by atomic mass is 16.2. The van der Waals surface area contributed by atoms with E-state index in [0.717, 1.165) is 5.56 Å². The zero-order valence-electron chi connectivity index (χ0n) is 15.1. The minimum atomic E-state index is -1.11. The Kier molecular flexibility index (Phi) is 5.54. The second-order valence-corrected chi connectivity index (χ2v) is 6.14. The number of amides is 2. The number of aryl methyl sites for hydroxylation is 1. The van der Waals surface area contributed by atoms with E-state index in [1.165, 1.54) is 29.6 Å². The SMILES string of the molecule is Cn1cc(C(=O)N[C@@H](Cc2ccccc2)C(=O)C(N)=O)c(-c2cncnc2)n1. The van der Waals surface area contributed by atoms with E-state index in [9.17, 15) is 14.4 Å². The molecule has 2 aromatic heterocycles. The zero-order valence-corrected chi connectivity index (χ0v) is 15.1. The van der Waals surface area contributed by atoms with Gasteiger partial charge in [-0.15, -0.1) is 0 Å². The van der Waals surface area contributed by atoms with Gasteiger partial charge in [0.2, 0.25) is 5.78 Å². The van der Waals surface area contributed by atoms with Crippen molar-refractivity contribution in [1.82, 2.24) is 25.1 Å². The number of carbonyl (C=O) groups is 3. The lowest BCUT2D eigenvalue weighted by atomic mass is 10.0. The molecular weight excluding hydrogens is 360 g/mol. The topological polar surface area (TPSA) is 133 Å². The average Bonchev–Trinajstić information content (AvgIpc) is 3.10. The molecule has 0 aliphatic carbocycles. The summed E-state index contributed by atoms with van der Waals surface area (Å²) in [7, 11) is 1.67. The molecule has 0 saturated carbocycles. The molecular formula is C19H18N6O3. The predicted molar refractivity (Wildman–Crippen MR) is 99.8 cm³/mol. The Bertz CT molecular complexity index is 1000. The molecule has 28 heavy (non-hydrogen) atoms. The molecule has 3 N–H and O–H groups in total. The molecule has 0 fully saturated rings. The van der Waals surface area contributed by atoms with Crippen LogP contribution in [-0.2, 0) is 23.1 Å². The Labute approximate surface area is 160 Å². The lowest BCUT2D eigenvalue weighted by Gasteiger charge is -2.16. The fourth-order valence-corrected chi connectivity index (χ4v) is 2.76. The van der Waals surface area contributed by atoms with Crippen LogP contribution in [0.15, 0.2) is 55.2 Å². The number of nitrogens with two attached hydrogens (primary N) is 1. The Hall–Kier alpha value is -3.88. The summed E-state index contributed by atoms with van der Waals surface area (Å²) in [5.41, 5.74) is 7.09. The maximum Gasteiger partial charge on any atom is 0.287 e.